The van der Waals surface area contributed by atoms with Crippen molar-refractivity contribution in [1.82, 2.24) is 24.6 Å². The maximum absolute atomic E-state index is 11.2. The number of carbonyl (C=O) groups excluding carboxylic acids is 1. The first-order valence-corrected chi connectivity index (χ1v) is 10.2. The number of nitrogens with zero attached hydrogens (tertiary/aromatic N) is 4. The third-order valence-corrected chi connectivity index (χ3v) is 5.68. The Hall–Kier alpha value is -2.67. The molecule has 3 aromatic rings. The topological polar surface area (TPSA) is 90.8 Å². The van der Waals surface area contributed by atoms with Crippen molar-refractivity contribution in [1.29, 1.82) is 0 Å². The highest BCUT2D eigenvalue weighted by atomic mass is 16.1. The minimum absolute atomic E-state index is 0.278. The fraction of sp³-hybridized carbons (Fsp3) is 0.476. The summed E-state index contributed by atoms with van der Waals surface area (Å²) in [5.74, 6) is 0.726. The molecule has 28 heavy (non-hydrogen) atoms. The smallest absolute Gasteiger partial charge is 0.219 e. The molecule has 1 aliphatic carbocycles. The molecule has 0 radical (unpaired) electrons. The van der Waals surface area contributed by atoms with Crippen LogP contribution in [0.3, 0.4) is 0 Å². The Kier molecular flexibility index (Phi) is 5.71. The summed E-state index contributed by atoms with van der Waals surface area (Å²) in [7, 11) is 0. The molecule has 2 aromatic heterocycles. The van der Waals surface area contributed by atoms with Crippen LogP contribution < -0.4 is 11.1 Å². The normalized spacial score (nSPS) is 15.3. The number of benzene rings is 1. The first-order chi connectivity index (χ1) is 13.7. The van der Waals surface area contributed by atoms with Gasteiger partial charge in [0.2, 0.25) is 5.91 Å². The van der Waals surface area contributed by atoms with Gasteiger partial charge in [-0.3, -0.25) is 4.79 Å². The summed E-state index contributed by atoms with van der Waals surface area (Å²) in [5, 5.41) is 13.2. The number of nitrogens with one attached hydrogen (secondary N) is 1. The quantitative estimate of drug-likeness (QED) is 0.629. The molecule has 148 valence electrons. The number of nitrogens with two attached hydrogens (primary N) is 1. The standard InChI is InChI=1S/C21H28N6O/c22-20(28)10-11-26-14-16(18-8-4-5-9-19(18)26)12-23-13-21-25-24-15-27(21)17-6-2-1-3-7-17/h4-5,8-9,14-15,17,23H,1-3,6-7,10-13H2,(H2,22,28). The number of fused-ring (bicyclic) bond motifs is 1. The average molecular weight is 380 g/mol. The number of primary amides is 1. The maximum Gasteiger partial charge on any atom is 0.219 e. The molecular formula is C21H28N6O. The van der Waals surface area contributed by atoms with Crippen molar-refractivity contribution in [3.05, 3.63) is 48.2 Å². The van der Waals surface area contributed by atoms with Crippen molar-refractivity contribution < 1.29 is 4.79 Å². The molecule has 1 aromatic carbocycles. The monoisotopic (exact) mass is 380 g/mol. The van der Waals surface area contributed by atoms with E-state index in [1.54, 1.807) is 0 Å². The zero-order valence-electron chi connectivity index (χ0n) is 16.2. The summed E-state index contributed by atoms with van der Waals surface area (Å²) in [6, 6.07) is 8.81. The molecule has 0 saturated heterocycles. The van der Waals surface area contributed by atoms with E-state index in [-0.39, 0.29) is 5.91 Å². The molecule has 0 aliphatic heterocycles. The van der Waals surface area contributed by atoms with Crippen LogP contribution in [-0.4, -0.2) is 25.2 Å². The van der Waals surface area contributed by atoms with Gasteiger partial charge in [0, 0.05) is 42.7 Å². The van der Waals surface area contributed by atoms with E-state index < -0.39 is 0 Å². The first-order valence-electron chi connectivity index (χ1n) is 10.2. The van der Waals surface area contributed by atoms with Gasteiger partial charge < -0.3 is 20.2 Å². The molecule has 1 aliphatic rings. The Bertz CT molecular complexity index is 937. The Morgan fingerprint density at radius 1 is 1.18 bits per heavy atom. The summed E-state index contributed by atoms with van der Waals surface area (Å²) < 4.78 is 4.37. The van der Waals surface area contributed by atoms with Crippen LogP contribution in [-0.2, 0) is 24.4 Å². The number of carbonyl (C=O) groups is 1. The zero-order chi connectivity index (χ0) is 19.3. The van der Waals surface area contributed by atoms with Crippen molar-refractivity contribution in [2.75, 3.05) is 0 Å². The molecule has 3 N–H and O–H groups in total. The van der Waals surface area contributed by atoms with Crippen LogP contribution in [0.1, 0.15) is 56.0 Å². The molecule has 7 heteroatoms. The van der Waals surface area contributed by atoms with Crippen LogP contribution in [0.5, 0.6) is 0 Å². The number of amides is 1. The number of para-hydroxylation sites is 1. The molecule has 0 unspecified atom stereocenters. The largest absolute Gasteiger partial charge is 0.370 e. The second-order valence-corrected chi connectivity index (χ2v) is 7.63. The molecule has 2 heterocycles. The Balaban J connectivity index is 1.44. The van der Waals surface area contributed by atoms with Gasteiger partial charge in [0.1, 0.15) is 12.2 Å². The summed E-state index contributed by atoms with van der Waals surface area (Å²) in [4.78, 5) is 11.2. The van der Waals surface area contributed by atoms with Crippen LogP contribution in [0.4, 0.5) is 0 Å². The van der Waals surface area contributed by atoms with Gasteiger partial charge in [-0.15, -0.1) is 10.2 Å². The fourth-order valence-electron chi connectivity index (χ4n) is 4.25. The highest BCUT2D eigenvalue weighted by Gasteiger charge is 2.18. The van der Waals surface area contributed by atoms with Crippen molar-refractivity contribution >= 4 is 16.8 Å². The fourth-order valence-corrected chi connectivity index (χ4v) is 4.25. The molecule has 1 amide bonds. The summed E-state index contributed by atoms with van der Waals surface area (Å²) in [6.45, 7) is 2.03. The van der Waals surface area contributed by atoms with E-state index in [0.29, 0.717) is 25.6 Å². The second kappa shape index (κ2) is 8.56. The summed E-state index contributed by atoms with van der Waals surface area (Å²) in [5.41, 5.74) is 7.66. The van der Waals surface area contributed by atoms with E-state index in [1.165, 1.54) is 43.1 Å². The predicted molar refractivity (Wildman–Crippen MR) is 108 cm³/mol. The lowest BCUT2D eigenvalue weighted by molar-refractivity contribution is -0.118. The van der Waals surface area contributed by atoms with Crippen LogP contribution in [0, 0.1) is 0 Å². The number of aryl methyl sites for hydroxylation is 1. The van der Waals surface area contributed by atoms with Crippen molar-refractivity contribution in [3.63, 3.8) is 0 Å². The molecular weight excluding hydrogens is 352 g/mol. The molecule has 1 fully saturated rings. The number of hydrogen-bond acceptors (Lipinski definition) is 4. The average Bonchev–Trinajstić information content (AvgIpc) is 3.32. The van der Waals surface area contributed by atoms with E-state index in [0.717, 1.165) is 17.9 Å². The third-order valence-electron chi connectivity index (χ3n) is 5.68. The van der Waals surface area contributed by atoms with Crippen LogP contribution in [0.15, 0.2) is 36.8 Å². The van der Waals surface area contributed by atoms with E-state index in [9.17, 15) is 4.79 Å². The Labute approximate surface area is 164 Å². The van der Waals surface area contributed by atoms with Gasteiger partial charge >= 0.3 is 0 Å². The van der Waals surface area contributed by atoms with E-state index in [2.05, 4.69) is 43.0 Å². The van der Waals surface area contributed by atoms with Gasteiger partial charge in [-0.25, -0.2) is 0 Å². The minimum atomic E-state index is -0.278. The van der Waals surface area contributed by atoms with Gasteiger partial charge in [-0.1, -0.05) is 37.5 Å². The van der Waals surface area contributed by atoms with E-state index >= 15 is 0 Å². The van der Waals surface area contributed by atoms with Gasteiger partial charge in [0.25, 0.3) is 0 Å². The maximum atomic E-state index is 11.2. The summed E-state index contributed by atoms with van der Waals surface area (Å²) in [6.07, 6.45) is 10.7. The molecule has 0 bridgehead atoms. The molecule has 7 nitrogen and oxygen atoms in total. The summed E-state index contributed by atoms with van der Waals surface area (Å²) >= 11 is 0. The van der Waals surface area contributed by atoms with E-state index in [4.69, 9.17) is 5.73 Å². The van der Waals surface area contributed by atoms with Gasteiger partial charge in [-0.05, 0) is 24.5 Å². The van der Waals surface area contributed by atoms with Crippen molar-refractivity contribution in [3.8, 4) is 0 Å². The number of rotatable bonds is 8. The van der Waals surface area contributed by atoms with Crippen LogP contribution in [0.25, 0.3) is 10.9 Å². The van der Waals surface area contributed by atoms with Crippen molar-refractivity contribution in [2.24, 2.45) is 5.73 Å². The van der Waals surface area contributed by atoms with E-state index in [1.807, 2.05) is 18.5 Å². The van der Waals surface area contributed by atoms with Gasteiger partial charge in [-0.2, -0.15) is 0 Å². The highest BCUT2D eigenvalue weighted by Crippen LogP contribution is 2.28. The lowest BCUT2D eigenvalue weighted by Gasteiger charge is -2.24. The molecule has 0 spiro atoms. The first kappa shape index (κ1) is 18.7. The molecule has 4 rings (SSSR count). The van der Waals surface area contributed by atoms with Crippen LogP contribution >= 0.6 is 0 Å². The Morgan fingerprint density at radius 2 is 2.00 bits per heavy atom. The molecule has 0 atom stereocenters. The Morgan fingerprint density at radius 3 is 2.82 bits per heavy atom. The number of aromatic nitrogens is 4. The zero-order valence-corrected chi connectivity index (χ0v) is 16.2. The number of hydrogen-bond donors (Lipinski definition) is 2. The minimum Gasteiger partial charge on any atom is -0.370 e. The SMILES string of the molecule is NC(=O)CCn1cc(CNCc2nncn2C2CCCCC2)c2ccccc21. The lowest BCUT2D eigenvalue weighted by atomic mass is 9.95. The third kappa shape index (κ3) is 4.09. The predicted octanol–water partition coefficient (Wildman–Crippen LogP) is 2.90. The van der Waals surface area contributed by atoms with Crippen molar-refractivity contribution in [2.45, 2.75) is 64.2 Å². The van der Waals surface area contributed by atoms with Gasteiger partial charge in [0.15, 0.2) is 0 Å². The second-order valence-electron chi connectivity index (χ2n) is 7.63. The lowest BCUT2D eigenvalue weighted by Crippen LogP contribution is -2.20. The van der Waals surface area contributed by atoms with Gasteiger partial charge in [0.05, 0.1) is 6.54 Å². The molecule has 1 saturated carbocycles. The highest BCUT2D eigenvalue weighted by molar-refractivity contribution is 5.84. The van der Waals surface area contributed by atoms with Crippen LogP contribution in [0.2, 0.25) is 0 Å².